The summed E-state index contributed by atoms with van der Waals surface area (Å²) in [5, 5.41) is 2.18. The Kier molecular flexibility index (Phi) is 8.69. The number of hydrogen-bond donors (Lipinski definition) is 2. The summed E-state index contributed by atoms with van der Waals surface area (Å²) in [6, 6.07) is 10.2. The largest absolute Gasteiger partial charge is 0.493 e. The summed E-state index contributed by atoms with van der Waals surface area (Å²) in [4.78, 5) is 29.4. The van der Waals surface area contributed by atoms with Crippen molar-refractivity contribution in [1.29, 1.82) is 0 Å². The van der Waals surface area contributed by atoms with E-state index in [1.807, 2.05) is 12.1 Å². The van der Waals surface area contributed by atoms with Crippen molar-refractivity contribution in [3.05, 3.63) is 53.0 Å². The fraction of sp³-hybridized carbons (Fsp3) is 0.292. The van der Waals surface area contributed by atoms with Crippen LogP contribution in [0.1, 0.15) is 40.6 Å². The van der Waals surface area contributed by atoms with Crippen molar-refractivity contribution in [2.45, 2.75) is 19.8 Å². The highest BCUT2D eigenvalue weighted by atomic mass is 32.1. The van der Waals surface area contributed by atoms with Gasteiger partial charge in [-0.05, 0) is 36.8 Å². The van der Waals surface area contributed by atoms with Gasteiger partial charge in [0.15, 0.2) is 23.0 Å². The first-order valence-corrected chi connectivity index (χ1v) is 11.5. The number of carbonyl (C=O) groups excluding carboxylic acids is 2. The van der Waals surface area contributed by atoms with Crippen LogP contribution in [0.5, 0.6) is 23.0 Å². The predicted molar refractivity (Wildman–Crippen MR) is 129 cm³/mol. The monoisotopic (exact) mass is 485 g/mol. The lowest BCUT2D eigenvalue weighted by Gasteiger charge is -2.12. The van der Waals surface area contributed by atoms with E-state index in [0.29, 0.717) is 45.7 Å². The van der Waals surface area contributed by atoms with Crippen LogP contribution in [0.3, 0.4) is 0 Å². The predicted octanol–water partition coefficient (Wildman–Crippen LogP) is 4.09. The third-order valence-electron chi connectivity index (χ3n) is 4.84. The van der Waals surface area contributed by atoms with Crippen LogP contribution in [-0.4, -0.2) is 44.7 Å². The third kappa shape index (κ3) is 5.76. The number of para-hydroxylation sites is 1. The number of aromatic nitrogens is 1. The fourth-order valence-corrected chi connectivity index (χ4v) is 3.88. The molecule has 0 aliphatic rings. The average molecular weight is 486 g/mol. The van der Waals surface area contributed by atoms with Crippen molar-refractivity contribution in [3.63, 3.8) is 0 Å². The molecule has 0 atom stereocenters. The maximum absolute atomic E-state index is 12.5. The summed E-state index contributed by atoms with van der Waals surface area (Å²) in [6.45, 7) is 2.64. The van der Waals surface area contributed by atoms with E-state index in [9.17, 15) is 9.59 Å². The van der Waals surface area contributed by atoms with E-state index in [2.05, 4.69) is 22.8 Å². The van der Waals surface area contributed by atoms with Crippen molar-refractivity contribution < 1.29 is 28.5 Å². The van der Waals surface area contributed by atoms with Crippen molar-refractivity contribution in [1.82, 2.24) is 15.8 Å². The molecule has 9 nitrogen and oxygen atoms in total. The number of carbonyl (C=O) groups is 2. The molecule has 3 rings (SSSR count). The SMILES string of the molecule is CCCCOc1ccc(C(=O)NNC(=O)c2csc(-c3cccc(OC)c3OC)n2)cc1OC. The lowest BCUT2D eigenvalue weighted by atomic mass is 10.2. The molecule has 0 saturated carbocycles. The maximum Gasteiger partial charge on any atom is 0.289 e. The van der Waals surface area contributed by atoms with E-state index in [0.717, 1.165) is 12.8 Å². The molecule has 1 aromatic heterocycles. The molecule has 0 bridgehead atoms. The molecule has 0 spiro atoms. The molecule has 2 N–H and O–H groups in total. The molecule has 0 aliphatic heterocycles. The Morgan fingerprint density at radius 2 is 1.71 bits per heavy atom. The summed E-state index contributed by atoms with van der Waals surface area (Å²) in [5.41, 5.74) is 5.94. The lowest BCUT2D eigenvalue weighted by Crippen LogP contribution is -2.41. The van der Waals surface area contributed by atoms with E-state index in [-0.39, 0.29) is 5.69 Å². The molecule has 10 heteroatoms. The number of benzene rings is 2. The van der Waals surface area contributed by atoms with Gasteiger partial charge < -0.3 is 18.9 Å². The zero-order valence-electron chi connectivity index (χ0n) is 19.5. The molecule has 0 aliphatic carbocycles. The highest BCUT2D eigenvalue weighted by Crippen LogP contribution is 2.39. The van der Waals surface area contributed by atoms with Crippen LogP contribution in [0, 0.1) is 0 Å². The van der Waals surface area contributed by atoms with E-state index < -0.39 is 11.8 Å². The number of rotatable bonds is 10. The number of methoxy groups -OCH3 is 3. The van der Waals surface area contributed by atoms with Crippen molar-refractivity contribution in [2.75, 3.05) is 27.9 Å². The average Bonchev–Trinajstić information content (AvgIpc) is 3.37. The van der Waals surface area contributed by atoms with Crippen LogP contribution in [-0.2, 0) is 0 Å². The molecule has 2 aromatic carbocycles. The molecule has 0 saturated heterocycles. The van der Waals surface area contributed by atoms with E-state index in [1.54, 1.807) is 36.8 Å². The lowest BCUT2D eigenvalue weighted by molar-refractivity contribution is 0.0844. The summed E-state index contributed by atoms with van der Waals surface area (Å²) in [5.74, 6) is 1.02. The van der Waals surface area contributed by atoms with Gasteiger partial charge in [0, 0.05) is 10.9 Å². The molecule has 180 valence electrons. The van der Waals surface area contributed by atoms with Crippen LogP contribution in [0.15, 0.2) is 41.8 Å². The number of amides is 2. The third-order valence-corrected chi connectivity index (χ3v) is 5.72. The Balaban J connectivity index is 1.66. The van der Waals surface area contributed by atoms with Gasteiger partial charge >= 0.3 is 0 Å². The standard InChI is InChI=1S/C24H27N3O6S/c1-5-6-12-33-18-11-10-15(13-20(18)31-3)22(28)26-27-23(29)17-14-34-24(25-17)16-8-7-9-19(30-2)21(16)32-4/h7-11,13-14H,5-6,12H2,1-4H3,(H,26,28)(H,27,29). The van der Waals surface area contributed by atoms with Gasteiger partial charge in [0.05, 0.1) is 33.5 Å². The number of hydrogen-bond acceptors (Lipinski definition) is 8. The van der Waals surface area contributed by atoms with Gasteiger partial charge in [-0.1, -0.05) is 19.4 Å². The minimum atomic E-state index is -0.552. The normalized spacial score (nSPS) is 10.4. The summed E-state index contributed by atoms with van der Waals surface area (Å²) in [7, 11) is 4.59. The molecule has 0 unspecified atom stereocenters. The molecule has 1 heterocycles. The zero-order chi connectivity index (χ0) is 24.5. The van der Waals surface area contributed by atoms with Gasteiger partial charge in [0.1, 0.15) is 10.7 Å². The fourth-order valence-electron chi connectivity index (χ4n) is 3.06. The van der Waals surface area contributed by atoms with Gasteiger partial charge in [-0.3, -0.25) is 20.4 Å². The Morgan fingerprint density at radius 1 is 0.941 bits per heavy atom. The number of nitrogens with zero attached hydrogens (tertiary/aromatic N) is 1. The van der Waals surface area contributed by atoms with Gasteiger partial charge in [-0.15, -0.1) is 11.3 Å². The molecule has 2 amide bonds. The summed E-state index contributed by atoms with van der Waals surface area (Å²) < 4.78 is 21.8. The smallest absolute Gasteiger partial charge is 0.289 e. The quantitative estimate of drug-likeness (QED) is 0.329. The molecule has 0 radical (unpaired) electrons. The van der Waals surface area contributed by atoms with Crippen molar-refractivity contribution >= 4 is 23.2 Å². The second kappa shape index (κ2) is 11.9. The van der Waals surface area contributed by atoms with Gasteiger partial charge in [-0.25, -0.2) is 4.98 Å². The number of thiazole rings is 1. The molecule has 34 heavy (non-hydrogen) atoms. The molecular weight excluding hydrogens is 458 g/mol. The number of ether oxygens (including phenoxy) is 4. The minimum Gasteiger partial charge on any atom is -0.493 e. The van der Waals surface area contributed by atoms with Crippen LogP contribution in [0.25, 0.3) is 10.6 Å². The second-order valence-corrected chi connectivity index (χ2v) is 7.91. The Morgan fingerprint density at radius 3 is 2.41 bits per heavy atom. The Labute approximate surface area is 202 Å². The summed E-state index contributed by atoms with van der Waals surface area (Å²) in [6.07, 6.45) is 1.93. The summed E-state index contributed by atoms with van der Waals surface area (Å²) >= 11 is 1.27. The Bertz CT molecular complexity index is 1150. The van der Waals surface area contributed by atoms with E-state index >= 15 is 0 Å². The first kappa shape index (κ1) is 24.8. The second-order valence-electron chi connectivity index (χ2n) is 7.05. The van der Waals surface area contributed by atoms with Gasteiger partial charge in [0.2, 0.25) is 0 Å². The van der Waals surface area contributed by atoms with E-state index in [1.165, 1.54) is 25.6 Å². The van der Waals surface area contributed by atoms with Crippen molar-refractivity contribution in [3.8, 4) is 33.6 Å². The van der Waals surface area contributed by atoms with Crippen molar-refractivity contribution in [2.24, 2.45) is 0 Å². The first-order valence-electron chi connectivity index (χ1n) is 10.6. The number of unbranched alkanes of at least 4 members (excludes halogenated alkanes) is 1. The van der Waals surface area contributed by atoms with Crippen LogP contribution in [0.2, 0.25) is 0 Å². The minimum absolute atomic E-state index is 0.155. The molecule has 0 fully saturated rings. The zero-order valence-corrected chi connectivity index (χ0v) is 20.3. The molecule has 3 aromatic rings. The van der Waals surface area contributed by atoms with E-state index in [4.69, 9.17) is 18.9 Å². The topological polar surface area (TPSA) is 108 Å². The number of hydrazine groups is 1. The van der Waals surface area contributed by atoms with Crippen LogP contribution >= 0.6 is 11.3 Å². The van der Waals surface area contributed by atoms with Crippen LogP contribution in [0.4, 0.5) is 0 Å². The molecular formula is C24H27N3O6S. The Hall–Kier alpha value is -3.79. The van der Waals surface area contributed by atoms with Crippen LogP contribution < -0.4 is 29.8 Å². The highest BCUT2D eigenvalue weighted by molar-refractivity contribution is 7.13. The highest BCUT2D eigenvalue weighted by Gasteiger charge is 2.18. The first-order chi connectivity index (χ1) is 16.5. The number of nitrogens with one attached hydrogen (secondary N) is 2. The maximum atomic E-state index is 12.5. The van der Waals surface area contributed by atoms with Gasteiger partial charge in [-0.2, -0.15) is 0 Å². The van der Waals surface area contributed by atoms with Gasteiger partial charge in [0.25, 0.3) is 11.8 Å².